The van der Waals surface area contributed by atoms with Gasteiger partial charge in [0.05, 0.1) is 5.75 Å². The Morgan fingerprint density at radius 3 is 2.86 bits per heavy atom. The van der Waals surface area contributed by atoms with E-state index in [2.05, 4.69) is 47.6 Å². The lowest BCUT2D eigenvalue weighted by molar-refractivity contribution is -0.113. The first-order valence-electron chi connectivity index (χ1n) is 9.73. The van der Waals surface area contributed by atoms with E-state index in [1.165, 1.54) is 43.9 Å². The smallest absolute Gasteiger partial charge is 0.236 e. The number of rotatable bonds is 9. The van der Waals surface area contributed by atoms with Crippen LogP contribution in [0.5, 0.6) is 0 Å². The molecule has 150 valence electrons. The average Bonchev–Trinajstić information content (AvgIpc) is 3.09. The SMILES string of the molecule is C=CCn1c(CCC2CCCCC2)nnc1SCC(=O)Nc1ccc(Br)cn1. The van der Waals surface area contributed by atoms with E-state index in [-0.39, 0.29) is 11.7 Å². The summed E-state index contributed by atoms with van der Waals surface area (Å²) in [7, 11) is 0. The molecule has 0 aliphatic heterocycles. The van der Waals surface area contributed by atoms with Gasteiger partial charge in [-0.2, -0.15) is 0 Å². The highest BCUT2D eigenvalue weighted by molar-refractivity contribution is 9.10. The summed E-state index contributed by atoms with van der Waals surface area (Å²) in [5.41, 5.74) is 0. The summed E-state index contributed by atoms with van der Waals surface area (Å²) in [6.45, 7) is 4.51. The van der Waals surface area contributed by atoms with Gasteiger partial charge in [0.25, 0.3) is 0 Å². The van der Waals surface area contributed by atoms with E-state index < -0.39 is 0 Å². The van der Waals surface area contributed by atoms with Crippen molar-refractivity contribution in [3.63, 3.8) is 0 Å². The maximum Gasteiger partial charge on any atom is 0.236 e. The van der Waals surface area contributed by atoms with Crippen molar-refractivity contribution < 1.29 is 4.79 Å². The molecule has 1 fully saturated rings. The van der Waals surface area contributed by atoms with Gasteiger partial charge in [0.1, 0.15) is 11.6 Å². The second kappa shape index (κ2) is 10.8. The molecule has 6 nitrogen and oxygen atoms in total. The van der Waals surface area contributed by atoms with Gasteiger partial charge in [-0.3, -0.25) is 4.79 Å². The number of carbonyl (C=O) groups excluding carboxylic acids is 1. The van der Waals surface area contributed by atoms with Crippen LogP contribution >= 0.6 is 27.7 Å². The van der Waals surface area contributed by atoms with E-state index in [1.54, 1.807) is 12.3 Å². The number of aryl methyl sites for hydroxylation is 1. The Kier molecular flexibility index (Phi) is 8.09. The third-order valence-corrected chi connectivity index (χ3v) is 6.37. The number of hydrogen-bond donors (Lipinski definition) is 1. The first-order valence-corrected chi connectivity index (χ1v) is 11.5. The fraction of sp³-hybridized carbons (Fsp3) is 0.500. The number of hydrogen-bond acceptors (Lipinski definition) is 5. The number of anilines is 1. The number of allylic oxidation sites excluding steroid dienone is 1. The minimum absolute atomic E-state index is 0.114. The van der Waals surface area contributed by atoms with Crippen molar-refractivity contribution in [2.45, 2.75) is 56.6 Å². The molecule has 2 heterocycles. The van der Waals surface area contributed by atoms with Crippen LogP contribution in [0.4, 0.5) is 5.82 Å². The summed E-state index contributed by atoms with van der Waals surface area (Å²) in [4.78, 5) is 16.4. The molecule has 2 aromatic heterocycles. The molecule has 3 rings (SSSR count). The van der Waals surface area contributed by atoms with Crippen molar-refractivity contribution in [2.24, 2.45) is 5.92 Å². The van der Waals surface area contributed by atoms with Gasteiger partial charge in [0, 0.05) is 23.6 Å². The molecule has 1 aliphatic carbocycles. The highest BCUT2D eigenvalue weighted by Crippen LogP contribution is 2.28. The predicted molar refractivity (Wildman–Crippen MR) is 116 cm³/mol. The van der Waals surface area contributed by atoms with Gasteiger partial charge in [0.15, 0.2) is 5.16 Å². The number of carbonyl (C=O) groups is 1. The zero-order chi connectivity index (χ0) is 19.8. The number of nitrogens with one attached hydrogen (secondary N) is 1. The Bertz CT molecular complexity index is 786. The van der Waals surface area contributed by atoms with E-state index in [9.17, 15) is 4.79 Å². The zero-order valence-corrected chi connectivity index (χ0v) is 18.3. The number of halogens is 1. The fourth-order valence-electron chi connectivity index (χ4n) is 3.49. The Balaban J connectivity index is 1.55. The number of amides is 1. The third kappa shape index (κ3) is 6.17. The van der Waals surface area contributed by atoms with Crippen LogP contribution in [-0.2, 0) is 17.8 Å². The van der Waals surface area contributed by atoms with E-state index in [0.717, 1.165) is 34.2 Å². The van der Waals surface area contributed by atoms with E-state index in [0.29, 0.717) is 12.4 Å². The standard InChI is InChI=1S/C20H26BrN5OS/c1-2-12-26-18(11-8-15-6-4-3-5-7-15)24-25-20(26)28-14-19(27)23-17-10-9-16(21)13-22-17/h2,9-10,13,15H,1,3-8,11-12,14H2,(H,22,23,27). The molecule has 1 saturated carbocycles. The van der Waals surface area contributed by atoms with Gasteiger partial charge >= 0.3 is 0 Å². The number of aromatic nitrogens is 4. The van der Waals surface area contributed by atoms with Crippen molar-refractivity contribution in [1.82, 2.24) is 19.7 Å². The second-order valence-electron chi connectivity index (χ2n) is 7.04. The van der Waals surface area contributed by atoms with Crippen molar-refractivity contribution in [2.75, 3.05) is 11.1 Å². The number of nitrogens with zero attached hydrogens (tertiary/aromatic N) is 4. The molecule has 1 aliphatic rings. The minimum atomic E-state index is -0.114. The van der Waals surface area contributed by atoms with Gasteiger partial charge < -0.3 is 9.88 Å². The van der Waals surface area contributed by atoms with Crippen LogP contribution in [0, 0.1) is 5.92 Å². The molecule has 8 heteroatoms. The van der Waals surface area contributed by atoms with Crippen LogP contribution in [0.25, 0.3) is 0 Å². The largest absolute Gasteiger partial charge is 0.310 e. The first-order chi connectivity index (χ1) is 13.7. The van der Waals surface area contributed by atoms with Crippen molar-refractivity contribution in [1.29, 1.82) is 0 Å². The number of pyridine rings is 1. The third-order valence-electron chi connectivity index (χ3n) is 4.93. The normalized spacial score (nSPS) is 14.8. The highest BCUT2D eigenvalue weighted by Gasteiger charge is 2.17. The molecule has 0 spiro atoms. The summed E-state index contributed by atoms with van der Waals surface area (Å²) < 4.78 is 2.95. The van der Waals surface area contributed by atoms with Crippen LogP contribution in [0.2, 0.25) is 0 Å². The molecule has 28 heavy (non-hydrogen) atoms. The molecule has 0 unspecified atom stereocenters. The van der Waals surface area contributed by atoms with Gasteiger partial charge in [0.2, 0.25) is 5.91 Å². The lowest BCUT2D eigenvalue weighted by Gasteiger charge is -2.21. The topological polar surface area (TPSA) is 72.7 Å². The second-order valence-corrected chi connectivity index (χ2v) is 8.90. The summed E-state index contributed by atoms with van der Waals surface area (Å²) >= 11 is 4.72. The van der Waals surface area contributed by atoms with Gasteiger partial charge in [-0.05, 0) is 40.4 Å². The van der Waals surface area contributed by atoms with Gasteiger partial charge in [-0.1, -0.05) is 49.9 Å². The minimum Gasteiger partial charge on any atom is -0.310 e. The lowest BCUT2D eigenvalue weighted by Crippen LogP contribution is -2.15. The molecule has 1 N–H and O–H groups in total. The molecule has 0 atom stereocenters. The Morgan fingerprint density at radius 2 is 2.14 bits per heavy atom. The van der Waals surface area contributed by atoms with Crippen molar-refractivity contribution in [3.05, 3.63) is 41.3 Å². The molecular formula is C20H26BrN5OS. The van der Waals surface area contributed by atoms with Crippen LogP contribution in [0.1, 0.15) is 44.3 Å². The average molecular weight is 464 g/mol. The molecule has 0 radical (unpaired) electrons. The molecular weight excluding hydrogens is 438 g/mol. The predicted octanol–water partition coefficient (Wildman–Crippen LogP) is 4.87. The summed E-state index contributed by atoms with van der Waals surface area (Å²) in [5.74, 6) is 2.48. The maximum absolute atomic E-state index is 12.2. The first kappa shape index (κ1) is 21.0. The van der Waals surface area contributed by atoms with E-state index in [1.807, 2.05) is 12.1 Å². The van der Waals surface area contributed by atoms with Gasteiger partial charge in [-0.25, -0.2) is 4.98 Å². The molecule has 0 bridgehead atoms. The van der Waals surface area contributed by atoms with Crippen molar-refractivity contribution >= 4 is 39.4 Å². The van der Waals surface area contributed by atoms with Crippen LogP contribution < -0.4 is 5.32 Å². The van der Waals surface area contributed by atoms with E-state index in [4.69, 9.17) is 0 Å². The highest BCUT2D eigenvalue weighted by atomic mass is 79.9. The summed E-state index contributed by atoms with van der Waals surface area (Å²) in [5, 5.41) is 12.3. The Labute approximate surface area is 178 Å². The lowest BCUT2D eigenvalue weighted by atomic mass is 9.86. The van der Waals surface area contributed by atoms with Crippen LogP contribution in [0.15, 0.2) is 40.6 Å². The summed E-state index contributed by atoms with van der Waals surface area (Å²) in [6.07, 6.45) is 12.4. The quantitative estimate of drug-likeness (QED) is 0.424. The molecule has 0 saturated heterocycles. The monoisotopic (exact) mass is 463 g/mol. The fourth-order valence-corrected chi connectivity index (χ4v) is 4.49. The van der Waals surface area contributed by atoms with Crippen molar-refractivity contribution in [3.8, 4) is 0 Å². The Hall–Kier alpha value is -1.67. The summed E-state index contributed by atoms with van der Waals surface area (Å²) in [6, 6.07) is 3.60. The van der Waals surface area contributed by atoms with Gasteiger partial charge in [-0.15, -0.1) is 16.8 Å². The van der Waals surface area contributed by atoms with E-state index >= 15 is 0 Å². The zero-order valence-electron chi connectivity index (χ0n) is 15.9. The number of thioether (sulfide) groups is 1. The van der Waals surface area contributed by atoms with Crippen LogP contribution in [0.3, 0.4) is 0 Å². The van der Waals surface area contributed by atoms with Crippen LogP contribution in [-0.4, -0.2) is 31.4 Å². The Morgan fingerprint density at radius 1 is 1.32 bits per heavy atom. The maximum atomic E-state index is 12.2. The molecule has 1 amide bonds. The molecule has 2 aromatic rings. The molecule has 0 aromatic carbocycles.